The summed E-state index contributed by atoms with van der Waals surface area (Å²) in [7, 11) is 0. The summed E-state index contributed by atoms with van der Waals surface area (Å²) in [5.41, 5.74) is 0. The number of Topliss-reactive ketones (excluding diaryl/α,β-unsaturated/α-hetero) is 1. The van der Waals surface area contributed by atoms with Gasteiger partial charge in [-0.05, 0) is 25.7 Å². The first kappa shape index (κ1) is 11.6. The number of carbonyl (C=O) groups excluding carboxylic acids is 1. The third-order valence-corrected chi connectivity index (χ3v) is 2.21. The minimum Gasteiger partial charge on any atom is -0.396 e. The molecular weight excluding hydrogens is 152 g/mol. The van der Waals surface area contributed by atoms with Gasteiger partial charge in [-0.2, -0.15) is 0 Å². The van der Waals surface area contributed by atoms with Gasteiger partial charge in [0.15, 0.2) is 0 Å². The Morgan fingerprint density at radius 3 is 2.42 bits per heavy atom. The number of aliphatic hydroxyl groups excluding tert-OH is 1. The van der Waals surface area contributed by atoms with Gasteiger partial charge < -0.3 is 5.11 Å². The Kier molecular flexibility index (Phi) is 5.99. The zero-order valence-corrected chi connectivity index (χ0v) is 8.34. The molecular formula is C10H20O2. The molecule has 0 saturated heterocycles. The minimum absolute atomic E-state index is 0.164. The molecule has 0 amide bonds. The van der Waals surface area contributed by atoms with E-state index in [1.807, 2.05) is 6.92 Å². The highest BCUT2D eigenvalue weighted by Crippen LogP contribution is 2.17. The van der Waals surface area contributed by atoms with Crippen LogP contribution in [0.5, 0.6) is 0 Å². The zero-order chi connectivity index (χ0) is 9.56. The van der Waals surface area contributed by atoms with Crippen molar-refractivity contribution in [2.24, 2.45) is 11.8 Å². The largest absolute Gasteiger partial charge is 0.396 e. The van der Waals surface area contributed by atoms with E-state index in [9.17, 15) is 4.79 Å². The number of aliphatic hydroxyl groups is 1. The highest BCUT2D eigenvalue weighted by Gasteiger charge is 2.15. The van der Waals surface area contributed by atoms with E-state index in [0.717, 1.165) is 19.3 Å². The van der Waals surface area contributed by atoms with Crippen LogP contribution in [0.1, 0.15) is 40.0 Å². The van der Waals surface area contributed by atoms with Crippen molar-refractivity contribution in [3.63, 3.8) is 0 Å². The van der Waals surface area contributed by atoms with Crippen LogP contribution in [0.4, 0.5) is 0 Å². The molecule has 0 bridgehead atoms. The Hall–Kier alpha value is -0.370. The maximum atomic E-state index is 11.1. The van der Waals surface area contributed by atoms with E-state index in [4.69, 9.17) is 5.11 Å². The first-order valence-electron chi connectivity index (χ1n) is 4.73. The van der Waals surface area contributed by atoms with Crippen LogP contribution < -0.4 is 0 Å². The summed E-state index contributed by atoms with van der Waals surface area (Å²) >= 11 is 0. The predicted molar refractivity (Wildman–Crippen MR) is 49.9 cm³/mol. The van der Waals surface area contributed by atoms with Gasteiger partial charge >= 0.3 is 0 Å². The van der Waals surface area contributed by atoms with E-state index >= 15 is 0 Å². The van der Waals surface area contributed by atoms with E-state index in [2.05, 4.69) is 6.92 Å². The molecule has 2 heteroatoms. The molecule has 1 unspecified atom stereocenters. The van der Waals surface area contributed by atoms with Crippen molar-refractivity contribution in [2.75, 3.05) is 6.61 Å². The third-order valence-electron chi connectivity index (χ3n) is 2.21. The molecule has 0 aromatic heterocycles. The predicted octanol–water partition coefficient (Wildman–Crippen LogP) is 2.01. The SMILES string of the molecule is CCCC(C[C@@H](C)CO)C(C)=O. The normalized spacial score (nSPS) is 15.7. The van der Waals surface area contributed by atoms with Crippen LogP contribution in [-0.4, -0.2) is 17.5 Å². The van der Waals surface area contributed by atoms with Gasteiger partial charge in [0.25, 0.3) is 0 Å². The van der Waals surface area contributed by atoms with Crippen LogP contribution in [0, 0.1) is 11.8 Å². The zero-order valence-electron chi connectivity index (χ0n) is 8.34. The second kappa shape index (κ2) is 6.18. The van der Waals surface area contributed by atoms with Gasteiger partial charge in [-0.3, -0.25) is 4.79 Å². The molecule has 0 heterocycles. The fourth-order valence-corrected chi connectivity index (χ4v) is 1.40. The number of rotatable bonds is 6. The molecule has 0 saturated carbocycles. The molecule has 0 spiro atoms. The number of ketones is 1. The summed E-state index contributed by atoms with van der Waals surface area (Å²) in [5.74, 6) is 0.680. The average Bonchev–Trinajstić information content (AvgIpc) is 2.03. The van der Waals surface area contributed by atoms with Gasteiger partial charge in [0.1, 0.15) is 5.78 Å². The highest BCUT2D eigenvalue weighted by molar-refractivity contribution is 5.78. The topological polar surface area (TPSA) is 37.3 Å². The Bertz CT molecular complexity index is 132. The second-order valence-corrected chi connectivity index (χ2v) is 3.62. The monoisotopic (exact) mass is 172 g/mol. The molecule has 0 aliphatic rings. The molecule has 0 fully saturated rings. The standard InChI is InChI=1S/C10H20O2/c1-4-5-10(9(3)12)6-8(2)7-11/h8,10-11H,4-7H2,1-3H3/t8-,10?/m1/s1. The smallest absolute Gasteiger partial charge is 0.132 e. The molecule has 1 N–H and O–H groups in total. The summed E-state index contributed by atoms with van der Waals surface area (Å²) in [6, 6.07) is 0. The first-order valence-corrected chi connectivity index (χ1v) is 4.73. The van der Waals surface area contributed by atoms with Crippen molar-refractivity contribution in [1.82, 2.24) is 0 Å². The van der Waals surface area contributed by atoms with Crippen LogP contribution in [-0.2, 0) is 4.79 Å². The molecule has 0 rings (SSSR count). The molecule has 0 aromatic carbocycles. The molecule has 2 nitrogen and oxygen atoms in total. The van der Waals surface area contributed by atoms with Crippen molar-refractivity contribution < 1.29 is 9.90 Å². The lowest BCUT2D eigenvalue weighted by molar-refractivity contribution is -0.121. The van der Waals surface area contributed by atoms with Crippen molar-refractivity contribution in [2.45, 2.75) is 40.0 Å². The Balaban J connectivity index is 3.86. The maximum Gasteiger partial charge on any atom is 0.132 e. The Labute approximate surface area is 75.0 Å². The first-order chi connectivity index (χ1) is 5.61. The summed E-state index contributed by atoms with van der Waals surface area (Å²) in [6.45, 7) is 5.89. The Morgan fingerprint density at radius 2 is 2.08 bits per heavy atom. The fourth-order valence-electron chi connectivity index (χ4n) is 1.40. The van der Waals surface area contributed by atoms with E-state index < -0.39 is 0 Å². The van der Waals surface area contributed by atoms with Crippen LogP contribution >= 0.6 is 0 Å². The van der Waals surface area contributed by atoms with E-state index in [-0.39, 0.29) is 24.2 Å². The molecule has 12 heavy (non-hydrogen) atoms. The molecule has 0 aromatic rings. The van der Waals surface area contributed by atoms with Crippen molar-refractivity contribution in [1.29, 1.82) is 0 Å². The van der Waals surface area contributed by atoms with Gasteiger partial charge in [0, 0.05) is 12.5 Å². The maximum absolute atomic E-state index is 11.1. The summed E-state index contributed by atoms with van der Waals surface area (Å²) < 4.78 is 0. The lowest BCUT2D eigenvalue weighted by Gasteiger charge is -2.15. The minimum atomic E-state index is 0.164. The van der Waals surface area contributed by atoms with Gasteiger partial charge in [-0.15, -0.1) is 0 Å². The van der Waals surface area contributed by atoms with Crippen molar-refractivity contribution in [3.8, 4) is 0 Å². The molecule has 2 atom stereocenters. The van der Waals surface area contributed by atoms with Gasteiger partial charge in [0.05, 0.1) is 0 Å². The van der Waals surface area contributed by atoms with Crippen LogP contribution in [0.25, 0.3) is 0 Å². The molecule has 72 valence electrons. The van der Waals surface area contributed by atoms with Crippen LogP contribution in [0.15, 0.2) is 0 Å². The van der Waals surface area contributed by atoms with E-state index in [1.165, 1.54) is 0 Å². The second-order valence-electron chi connectivity index (χ2n) is 3.62. The third kappa shape index (κ3) is 4.50. The van der Waals surface area contributed by atoms with E-state index in [1.54, 1.807) is 6.92 Å². The molecule has 0 radical (unpaired) electrons. The van der Waals surface area contributed by atoms with Crippen molar-refractivity contribution in [3.05, 3.63) is 0 Å². The van der Waals surface area contributed by atoms with E-state index in [0.29, 0.717) is 0 Å². The van der Waals surface area contributed by atoms with Gasteiger partial charge in [-0.25, -0.2) is 0 Å². The number of hydrogen-bond acceptors (Lipinski definition) is 2. The molecule has 0 aliphatic heterocycles. The quantitative estimate of drug-likeness (QED) is 0.665. The lowest BCUT2D eigenvalue weighted by Crippen LogP contribution is -2.16. The number of carbonyl (C=O) groups is 1. The summed E-state index contributed by atoms with van der Waals surface area (Å²) in [5, 5.41) is 8.82. The summed E-state index contributed by atoms with van der Waals surface area (Å²) in [4.78, 5) is 11.1. The van der Waals surface area contributed by atoms with Gasteiger partial charge in [0.2, 0.25) is 0 Å². The fraction of sp³-hybridized carbons (Fsp3) is 0.900. The lowest BCUT2D eigenvalue weighted by atomic mass is 9.90. The average molecular weight is 172 g/mol. The van der Waals surface area contributed by atoms with Gasteiger partial charge in [-0.1, -0.05) is 20.3 Å². The van der Waals surface area contributed by atoms with Crippen LogP contribution in [0.3, 0.4) is 0 Å². The van der Waals surface area contributed by atoms with Crippen molar-refractivity contribution >= 4 is 5.78 Å². The Morgan fingerprint density at radius 1 is 1.50 bits per heavy atom. The molecule has 0 aliphatic carbocycles. The van der Waals surface area contributed by atoms with Crippen LogP contribution in [0.2, 0.25) is 0 Å². The highest BCUT2D eigenvalue weighted by atomic mass is 16.3. The number of hydrogen-bond donors (Lipinski definition) is 1. The summed E-state index contributed by atoms with van der Waals surface area (Å²) in [6.07, 6.45) is 2.84.